The summed E-state index contributed by atoms with van der Waals surface area (Å²) in [5.41, 5.74) is 1.71. The van der Waals surface area contributed by atoms with E-state index in [1.54, 1.807) is 35.8 Å². The van der Waals surface area contributed by atoms with Crippen LogP contribution in [0.3, 0.4) is 0 Å². The molecule has 9 heteroatoms. The molecule has 3 heterocycles. The van der Waals surface area contributed by atoms with E-state index in [9.17, 15) is 17.6 Å². The van der Waals surface area contributed by atoms with Gasteiger partial charge in [0, 0.05) is 36.5 Å². The average molecular weight is 410 g/mol. The Morgan fingerprint density at radius 2 is 2.14 bits per heavy atom. The van der Waals surface area contributed by atoms with Gasteiger partial charge in [-0.25, -0.2) is 9.37 Å². The van der Waals surface area contributed by atoms with Gasteiger partial charge in [-0.2, -0.15) is 13.2 Å². The van der Waals surface area contributed by atoms with Gasteiger partial charge in [-0.15, -0.1) is 11.3 Å². The lowest BCUT2D eigenvalue weighted by Gasteiger charge is -2.26. The predicted molar refractivity (Wildman–Crippen MR) is 103 cm³/mol. The first-order valence-electron chi connectivity index (χ1n) is 8.81. The molecular formula is C19H18F4N4S. The van der Waals surface area contributed by atoms with Gasteiger partial charge in [0.25, 0.3) is 0 Å². The normalized spacial score (nSPS) is 20.3. The molecule has 0 radical (unpaired) electrons. The Kier molecular flexibility index (Phi) is 4.96. The van der Waals surface area contributed by atoms with E-state index in [1.165, 1.54) is 15.9 Å². The maximum absolute atomic E-state index is 14.4. The molecule has 0 aliphatic carbocycles. The topological polar surface area (TPSA) is 33.4 Å². The molecule has 4 rings (SSSR count). The molecule has 3 aromatic rings. The lowest BCUT2D eigenvalue weighted by Crippen LogP contribution is -2.39. The van der Waals surface area contributed by atoms with E-state index in [0.717, 1.165) is 0 Å². The standard InChI is InChI=1S/C19H18F4N4S/c1-26-7-5-15(13(20)10-26)25-14-3-2-4-16-12(14)9-17(18-24-6-8-28-18)27(16)11-19(21,22)23/h2-4,6,8-9,13H,5,7,10-11H2,1H3/b25-15+/t13-/m0/s1. The summed E-state index contributed by atoms with van der Waals surface area (Å²) in [5.74, 6) is 0. The van der Waals surface area contributed by atoms with Gasteiger partial charge < -0.3 is 9.47 Å². The van der Waals surface area contributed by atoms with Crippen LogP contribution >= 0.6 is 11.3 Å². The molecule has 1 aromatic carbocycles. The van der Waals surface area contributed by atoms with Crippen molar-refractivity contribution in [3.63, 3.8) is 0 Å². The fourth-order valence-corrected chi connectivity index (χ4v) is 4.12. The second-order valence-corrected chi connectivity index (χ2v) is 7.76. The van der Waals surface area contributed by atoms with Crippen molar-refractivity contribution in [3.8, 4) is 10.7 Å². The number of nitrogens with zero attached hydrogens (tertiary/aromatic N) is 4. The van der Waals surface area contributed by atoms with E-state index in [-0.39, 0.29) is 6.54 Å². The zero-order valence-electron chi connectivity index (χ0n) is 15.1. The van der Waals surface area contributed by atoms with E-state index < -0.39 is 18.9 Å². The molecule has 1 fully saturated rings. The van der Waals surface area contributed by atoms with Crippen LogP contribution in [-0.2, 0) is 6.54 Å². The van der Waals surface area contributed by atoms with Gasteiger partial charge in [0.15, 0.2) is 6.17 Å². The molecule has 0 amide bonds. The zero-order chi connectivity index (χ0) is 19.9. The first-order chi connectivity index (χ1) is 13.3. The Morgan fingerprint density at radius 3 is 2.82 bits per heavy atom. The predicted octanol–water partition coefficient (Wildman–Crippen LogP) is 5.07. The van der Waals surface area contributed by atoms with Crippen molar-refractivity contribution < 1.29 is 17.6 Å². The number of hydrogen-bond donors (Lipinski definition) is 0. The lowest BCUT2D eigenvalue weighted by atomic mass is 10.1. The van der Waals surface area contributed by atoms with Crippen LogP contribution in [0, 0.1) is 0 Å². The molecule has 1 saturated heterocycles. The molecule has 0 unspecified atom stereocenters. The maximum atomic E-state index is 14.4. The van der Waals surface area contributed by atoms with Crippen molar-refractivity contribution in [2.24, 2.45) is 4.99 Å². The van der Waals surface area contributed by atoms with E-state index in [2.05, 4.69) is 9.98 Å². The van der Waals surface area contributed by atoms with Crippen LogP contribution in [0.15, 0.2) is 40.8 Å². The number of hydrogen-bond acceptors (Lipinski definition) is 4. The monoisotopic (exact) mass is 410 g/mol. The van der Waals surface area contributed by atoms with Crippen molar-refractivity contribution >= 4 is 33.6 Å². The van der Waals surface area contributed by atoms with Crippen molar-refractivity contribution in [2.75, 3.05) is 20.1 Å². The highest BCUT2D eigenvalue weighted by atomic mass is 32.1. The largest absolute Gasteiger partial charge is 0.406 e. The smallest absolute Gasteiger partial charge is 0.329 e. The van der Waals surface area contributed by atoms with Crippen LogP contribution in [0.1, 0.15) is 6.42 Å². The Bertz CT molecular complexity index is 1010. The summed E-state index contributed by atoms with van der Waals surface area (Å²) >= 11 is 1.27. The third kappa shape index (κ3) is 3.81. The highest BCUT2D eigenvalue weighted by Crippen LogP contribution is 2.37. The molecule has 1 aliphatic rings. The van der Waals surface area contributed by atoms with Gasteiger partial charge in [0.05, 0.1) is 22.6 Å². The zero-order valence-corrected chi connectivity index (χ0v) is 15.9. The fourth-order valence-electron chi connectivity index (χ4n) is 3.46. The summed E-state index contributed by atoms with van der Waals surface area (Å²) in [6.07, 6.45) is -3.50. The third-order valence-electron chi connectivity index (χ3n) is 4.76. The van der Waals surface area contributed by atoms with Crippen molar-refractivity contribution in [1.29, 1.82) is 0 Å². The SMILES string of the molecule is CN1CC/C(=N\c2cccc3c2cc(-c2nccs2)n3CC(F)(F)F)[C@@H](F)C1. The Labute approximate surface area is 163 Å². The van der Waals surface area contributed by atoms with E-state index >= 15 is 0 Å². The molecule has 1 aliphatic heterocycles. The summed E-state index contributed by atoms with van der Waals surface area (Å²) in [6.45, 7) is -0.148. The molecule has 0 spiro atoms. The van der Waals surface area contributed by atoms with Crippen LogP contribution < -0.4 is 0 Å². The minimum Gasteiger partial charge on any atom is -0.329 e. The first-order valence-corrected chi connectivity index (χ1v) is 9.69. The highest BCUT2D eigenvalue weighted by molar-refractivity contribution is 7.13. The van der Waals surface area contributed by atoms with Crippen molar-refractivity contribution in [3.05, 3.63) is 35.8 Å². The fraction of sp³-hybridized carbons (Fsp3) is 0.368. The molecule has 0 saturated carbocycles. The molecule has 1 atom stereocenters. The average Bonchev–Trinajstić information content (AvgIpc) is 3.25. The number of piperidine rings is 1. The Hall–Kier alpha value is -2.26. The Balaban J connectivity index is 1.85. The highest BCUT2D eigenvalue weighted by Gasteiger charge is 2.31. The van der Waals surface area contributed by atoms with E-state index in [0.29, 0.717) is 46.0 Å². The summed E-state index contributed by atoms with van der Waals surface area (Å²) in [6, 6.07) is 6.66. The van der Waals surface area contributed by atoms with Crippen LogP contribution in [0.5, 0.6) is 0 Å². The number of thiazole rings is 1. The number of fused-ring (bicyclic) bond motifs is 1. The van der Waals surface area contributed by atoms with Gasteiger partial charge >= 0.3 is 6.18 Å². The van der Waals surface area contributed by atoms with Crippen LogP contribution in [-0.4, -0.2) is 52.6 Å². The second kappa shape index (κ2) is 7.29. The van der Waals surface area contributed by atoms with Crippen LogP contribution in [0.25, 0.3) is 21.6 Å². The van der Waals surface area contributed by atoms with Gasteiger partial charge in [0.2, 0.25) is 0 Å². The number of aliphatic imine (C=N–C) groups is 1. The minimum atomic E-state index is -4.38. The number of likely N-dealkylation sites (tertiary alicyclic amines) is 1. The van der Waals surface area contributed by atoms with Crippen LogP contribution in [0.2, 0.25) is 0 Å². The molecule has 2 aromatic heterocycles. The van der Waals surface area contributed by atoms with Crippen molar-refractivity contribution in [2.45, 2.75) is 25.3 Å². The van der Waals surface area contributed by atoms with Gasteiger partial charge in [0.1, 0.15) is 11.6 Å². The molecule has 28 heavy (non-hydrogen) atoms. The summed E-state index contributed by atoms with van der Waals surface area (Å²) in [7, 11) is 1.85. The number of halogens is 4. The summed E-state index contributed by atoms with van der Waals surface area (Å²) in [5, 5.41) is 2.79. The third-order valence-corrected chi connectivity index (χ3v) is 5.55. The number of benzene rings is 1. The molecule has 0 N–H and O–H groups in total. The minimum absolute atomic E-state index is 0.272. The van der Waals surface area contributed by atoms with E-state index in [4.69, 9.17) is 0 Å². The van der Waals surface area contributed by atoms with Crippen molar-refractivity contribution in [1.82, 2.24) is 14.5 Å². The first kappa shape index (κ1) is 19.1. The van der Waals surface area contributed by atoms with Gasteiger partial charge in [-0.3, -0.25) is 4.99 Å². The number of alkyl halides is 4. The molecule has 148 valence electrons. The lowest BCUT2D eigenvalue weighted by molar-refractivity contribution is -0.139. The van der Waals surface area contributed by atoms with Crippen LogP contribution in [0.4, 0.5) is 23.2 Å². The summed E-state index contributed by atoms with van der Waals surface area (Å²) < 4.78 is 55.2. The quantitative estimate of drug-likeness (QED) is 0.565. The van der Waals surface area contributed by atoms with E-state index in [1.807, 2.05) is 11.9 Å². The molecule has 4 nitrogen and oxygen atoms in total. The van der Waals surface area contributed by atoms with Gasteiger partial charge in [-0.05, 0) is 25.2 Å². The number of rotatable bonds is 3. The number of aromatic nitrogens is 2. The Morgan fingerprint density at radius 1 is 1.32 bits per heavy atom. The van der Waals surface area contributed by atoms with Gasteiger partial charge in [-0.1, -0.05) is 6.07 Å². The summed E-state index contributed by atoms with van der Waals surface area (Å²) in [4.78, 5) is 10.6. The second-order valence-electron chi connectivity index (χ2n) is 6.86. The maximum Gasteiger partial charge on any atom is 0.406 e. The molecular weight excluding hydrogens is 392 g/mol. The molecule has 0 bridgehead atoms.